The normalized spacial score (nSPS) is 28.3. The SMILES string of the molecule is C=C[C@@H]1C[C@]1(NC(=O)[C@@H]1C[C@@H]2CN1C(=O)[C@H](C(C)(C)C)NC(=O)OCCCCCc1ccc(OC)c3c1CN(C3)C(=O)O2)C(=O)NS(=O)(=O)C1CC1. The topological polar surface area (TPSA) is 190 Å². The van der Waals surface area contributed by atoms with E-state index < -0.39 is 80.2 Å². The van der Waals surface area contributed by atoms with Crippen molar-refractivity contribution < 1.29 is 46.6 Å². The number of alkyl carbamates (subject to hydrolysis) is 1. The summed E-state index contributed by atoms with van der Waals surface area (Å²) < 4.78 is 44.5. The van der Waals surface area contributed by atoms with E-state index in [4.69, 9.17) is 14.2 Å². The van der Waals surface area contributed by atoms with E-state index >= 15 is 0 Å². The molecule has 3 fully saturated rings. The number of carbonyl (C=O) groups is 5. The highest BCUT2D eigenvalue weighted by Crippen LogP contribution is 2.45. The summed E-state index contributed by atoms with van der Waals surface area (Å²) in [5.41, 5.74) is 0.564. The highest BCUT2D eigenvalue weighted by atomic mass is 32.2. The Morgan fingerprint density at radius 1 is 1.10 bits per heavy atom. The van der Waals surface area contributed by atoms with Crippen LogP contribution in [-0.4, -0.2) is 97.4 Å². The van der Waals surface area contributed by atoms with E-state index in [1.165, 1.54) is 11.0 Å². The van der Waals surface area contributed by atoms with E-state index in [9.17, 15) is 32.4 Å². The summed E-state index contributed by atoms with van der Waals surface area (Å²) in [6.07, 6.45) is 3.06. The van der Waals surface area contributed by atoms with E-state index in [1.54, 1.807) is 32.8 Å². The third-order valence-electron chi connectivity index (χ3n) is 10.7. The molecule has 0 radical (unpaired) electrons. The van der Waals surface area contributed by atoms with Crippen molar-refractivity contribution in [3.63, 3.8) is 0 Å². The molecule has 6 rings (SSSR count). The standard InChI is InChI=1S/C36H49N5O10S/c1-6-22-17-36(22,32(44)39-52(47,48)24-12-13-24)38-30(42)27-16-23-18-41(27)31(43)29(35(2,3)4)37-33(45)50-15-9-7-8-10-21-11-14-28(49-5)26-20-40(19-25(21)26)34(46)51-23/h6,11,14,22-24,27,29H,1,7-10,12-13,15-20H2,2-5H3,(H,37,45)(H,38,42)(H,39,44)/t22-,23-,27+,29-,36-/m1/s1. The summed E-state index contributed by atoms with van der Waals surface area (Å²) in [6.45, 7) is 9.59. The number of benzene rings is 1. The van der Waals surface area contributed by atoms with Gasteiger partial charge in [0.2, 0.25) is 21.8 Å². The molecule has 2 saturated carbocycles. The van der Waals surface area contributed by atoms with Crippen LogP contribution < -0.4 is 20.1 Å². The minimum Gasteiger partial charge on any atom is -0.496 e. The minimum absolute atomic E-state index is 0.100. The lowest BCUT2D eigenvalue weighted by Crippen LogP contribution is -2.60. The number of sulfonamides is 1. The second-order valence-corrected chi connectivity index (χ2v) is 17.5. The van der Waals surface area contributed by atoms with Crippen molar-refractivity contribution >= 4 is 39.9 Å². The number of hydrogen-bond donors (Lipinski definition) is 3. The van der Waals surface area contributed by atoms with Crippen LogP contribution in [0.5, 0.6) is 5.75 Å². The van der Waals surface area contributed by atoms with Crippen LogP contribution in [-0.2, 0) is 53.4 Å². The van der Waals surface area contributed by atoms with Crippen molar-refractivity contribution in [2.45, 2.75) is 114 Å². The molecule has 3 N–H and O–H groups in total. The fraction of sp³-hybridized carbons (Fsp3) is 0.639. The van der Waals surface area contributed by atoms with E-state index in [-0.39, 0.29) is 32.5 Å². The zero-order valence-corrected chi connectivity index (χ0v) is 31.0. The monoisotopic (exact) mass is 743 g/mol. The van der Waals surface area contributed by atoms with Crippen molar-refractivity contribution in [2.75, 3.05) is 20.3 Å². The van der Waals surface area contributed by atoms with Gasteiger partial charge in [-0.3, -0.25) is 24.0 Å². The summed E-state index contributed by atoms with van der Waals surface area (Å²) in [4.78, 5) is 71.5. The third-order valence-corrected chi connectivity index (χ3v) is 12.5. The molecule has 0 aromatic heterocycles. The summed E-state index contributed by atoms with van der Waals surface area (Å²) in [7, 11) is -2.33. The molecule has 2 aliphatic carbocycles. The van der Waals surface area contributed by atoms with Crippen LogP contribution in [0.3, 0.4) is 0 Å². The molecular formula is C36H49N5O10S. The summed E-state index contributed by atoms with van der Waals surface area (Å²) in [5, 5.41) is 4.77. The fourth-order valence-corrected chi connectivity index (χ4v) is 8.79. The van der Waals surface area contributed by atoms with Gasteiger partial charge in [0.05, 0.1) is 38.6 Å². The Hall–Kier alpha value is -4.34. The fourth-order valence-electron chi connectivity index (χ4n) is 7.43. The maximum atomic E-state index is 14.4. The van der Waals surface area contributed by atoms with Crippen molar-refractivity contribution in [3.05, 3.63) is 41.5 Å². The van der Waals surface area contributed by atoms with Gasteiger partial charge in [-0.25, -0.2) is 18.0 Å². The molecule has 0 unspecified atom stereocenters. The first kappa shape index (κ1) is 37.4. The van der Waals surface area contributed by atoms with E-state index in [2.05, 4.69) is 21.9 Å². The van der Waals surface area contributed by atoms with Crippen molar-refractivity contribution in [3.8, 4) is 5.75 Å². The van der Waals surface area contributed by atoms with Crippen LogP contribution in [0.1, 0.15) is 82.4 Å². The Labute approximate surface area is 304 Å². The van der Waals surface area contributed by atoms with Gasteiger partial charge in [0.15, 0.2) is 0 Å². The number of aryl methyl sites for hydroxylation is 1. The maximum absolute atomic E-state index is 14.4. The summed E-state index contributed by atoms with van der Waals surface area (Å²) >= 11 is 0. The number of nitrogens with one attached hydrogen (secondary N) is 3. The van der Waals surface area contributed by atoms with Gasteiger partial charge < -0.3 is 29.7 Å². The lowest BCUT2D eigenvalue weighted by molar-refractivity contribution is -0.142. The average molecular weight is 744 g/mol. The smallest absolute Gasteiger partial charge is 0.410 e. The second-order valence-electron chi connectivity index (χ2n) is 15.6. The van der Waals surface area contributed by atoms with E-state index in [0.717, 1.165) is 36.0 Å². The van der Waals surface area contributed by atoms with Crippen molar-refractivity contribution in [1.82, 2.24) is 25.2 Å². The first-order valence-electron chi connectivity index (χ1n) is 18.0. The first-order valence-corrected chi connectivity index (χ1v) is 19.5. The molecule has 284 valence electrons. The van der Waals surface area contributed by atoms with Crippen LogP contribution in [0, 0.1) is 11.3 Å². The molecule has 16 heteroatoms. The van der Waals surface area contributed by atoms with Gasteiger partial charge in [0, 0.05) is 17.9 Å². The second kappa shape index (κ2) is 14.2. The van der Waals surface area contributed by atoms with Gasteiger partial charge in [-0.15, -0.1) is 6.58 Å². The lowest BCUT2D eigenvalue weighted by Gasteiger charge is -2.35. The number of rotatable bonds is 7. The molecule has 5 aliphatic rings. The zero-order chi connectivity index (χ0) is 37.6. The van der Waals surface area contributed by atoms with Crippen molar-refractivity contribution in [1.29, 1.82) is 0 Å². The van der Waals surface area contributed by atoms with Crippen LogP contribution in [0.2, 0.25) is 0 Å². The zero-order valence-electron chi connectivity index (χ0n) is 30.2. The van der Waals surface area contributed by atoms with Gasteiger partial charge in [0.1, 0.15) is 29.5 Å². The quantitative estimate of drug-likeness (QED) is 0.350. The number of carbonyl (C=O) groups excluding carboxylic acids is 5. The number of cyclic esters (lactones) is 1. The molecule has 4 bridgehead atoms. The molecule has 5 atom stereocenters. The molecule has 1 aromatic rings. The van der Waals surface area contributed by atoms with Crippen LogP contribution in [0.15, 0.2) is 24.8 Å². The minimum atomic E-state index is -3.91. The van der Waals surface area contributed by atoms with Gasteiger partial charge in [-0.2, -0.15) is 0 Å². The number of amides is 5. The number of hydrogen-bond acceptors (Lipinski definition) is 10. The van der Waals surface area contributed by atoms with Crippen LogP contribution in [0.4, 0.5) is 9.59 Å². The van der Waals surface area contributed by atoms with Crippen LogP contribution in [0.25, 0.3) is 0 Å². The maximum Gasteiger partial charge on any atom is 0.410 e. The van der Waals surface area contributed by atoms with Gasteiger partial charge in [-0.05, 0) is 67.6 Å². The van der Waals surface area contributed by atoms with E-state index in [0.29, 0.717) is 31.6 Å². The molecule has 5 amide bonds. The van der Waals surface area contributed by atoms with Crippen molar-refractivity contribution in [2.24, 2.45) is 11.3 Å². The molecular weight excluding hydrogens is 694 g/mol. The van der Waals surface area contributed by atoms with Gasteiger partial charge in [0.25, 0.3) is 5.91 Å². The van der Waals surface area contributed by atoms with E-state index in [1.807, 2.05) is 12.1 Å². The largest absolute Gasteiger partial charge is 0.496 e. The number of ether oxygens (including phenoxy) is 3. The Bertz CT molecular complexity index is 1760. The molecule has 15 nitrogen and oxygen atoms in total. The summed E-state index contributed by atoms with van der Waals surface area (Å²) in [5.74, 6) is -2.08. The molecule has 1 saturated heterocycles. The Balaban J connectivity index is 1.28. The molecule has 3 aliphatic heterocycles. The molecule has 0 spiro atoms. The Morgan fingerprint density at radius 3 is 2.48 bits per heavy atom. The molecule has 1 aromatic carbocycles. The summed E-state index contributed by atoms with van der Waals surface area (Å²) in [6, 6.07) is 1.53. The van der Waals surface area contributed by atoms with Gasteiger partial charge >= 0.3 is 12.2 Å². The third kappa shape index (κ3) is 7.57. The predicted octanol–water partition coefficient (Wildman–Crippen LogP) is 2.65. The van der Waals surface area contributed by atoms with Crippen LogP contribution >= 0.6 is 0 Å². The number of fused-ring (bicyclic) bond motifs is 3. The molecule has 52 heavy (non-hydrogen) atoms. The highest BCUT2D eigenvalue weighted by Gasteiger charge is 2.62. The average Bonchev–Trinajstić information content (AvgIpc) is 3.97. The number of methoxy groups -OCH3 is 1. The van der Waals surface area contributed by atoms with Gasteiger partial charge in [-0.1, -0.05) is 32.9 Å². The Kier molecular flexibility index (Phi) is 10.2. The first-order chi connectivity index (χ1) is 24.6. The Morgan fingerprint density at radius 2 is 1.83 bits per heavy atom. The molecule has 3 heterocycles. The predicted molar refractivity (Wildman–Crippen MR) is 187 cm³/mol. The number of nitrogens with zero attached hydrogens (tertiary/aromatic N) is 2. The lowest BCUT2D eigenvalue weighted by atomic mass is 9.85. The highest BCUT2D eigenvalue weighted by molar-refractivity contribution is 7.91.